The average Bonchev–Trinajstić information content (AvgIpc) is 2.19. The normalized spacial score (nSPS) is 10.9. The molecule has 14 heavy (non-hydrogen) atoms. The molecule has 0 amide bonds. The van der Waals surface area contributed by atoms with Crippen molar-refractivity contribution in [3.8, 4) is 5.75 Å². The van der Waals surface area contributed by atoms with Crippen LogP contribution in [-0.2, 0) is 0 Å². The van der Waals surface area contributed by atoms with Gasteiger partial charge in [-0.25, -0.2) is 4.39 Å². The molecule has 2 nitrogen and oxygen atoms in total. The Morgan fingerprint density at radius 3 is 2.71 bits per heavy atom. The molecular weight excluding hydrogens is 190 g/mol. The first-order valence-electron chi connectivity index (χ1n) is 3.99. The first-order valence-corrected chi connectivity index (χ1v) is 3.99. The summed E-state index contributed by atoms with van der Waals surface area (Å²) in [4.78, 5) is 0. The maximum atomic E-state index is 12.9. The van der Waals surface area contributed by atoms with Crippen LogP contribution >= 0.6 is 0 Å². The fourth-order valence-electron chi connectivity index (χ4n) is 1.02. The third-order valence-corrected chi connectivity index (χ3v) is 1.65. The van der Waals surface area contributed by atoms with Crippen LogP contribution in [0.2, 0.25) is 0 Å². The molecule has 1 rings (SSSR count). The van der Waals surface area contributed by atoms with Crippen LogP contribution in [0.4, 0.5) is 8.78 Å². The van der Waals surface area contributed by atoms with Crippen molar-refractivity contribution in [3.63, 3.8) is 0 Å². The Morgan fingerprint density at radius 1 is 1.43 bits per heavy atom. The van der Waals surface area contributed by atoms with Crippen molar-refractivity contribution in [2.45, 2.75) is 0 Å². The van der Waals surface area contributed by atoms with Gasteiger partial charge in [0.1, 0.15) is 0 Å². The van der Waals surface area contributed by atoms with Crippen LogP contribution in [0.5, 0.6) is 5.75 Å². The lowest BCUT2D eigenvalue weighted by molar-refractivity contribution is 0.343. The topological polar surface area (TPSA) is 29.5 Å². The second-order valence-corrected chi connectivity index (χ2v) is 2.60. The largest absolute Gasteiger partial charge is 0.494 e. The van der Waals surface area contributed by atoms with Gasteiger partial charge in [0, 0.05) is 0 Å². The van der Waals surface area contributed by atoms with Gasteiger partial charge in [-0.05, 0) is 17.7 Å². The van der Waals surface area contributed by atoms with Crippen molar-refractivity contribution in [3.05, 3.63) is 35.4 Å². The maximum Gasteiger partial charge on any atom is 0.200 e. The van der Waals surface area contributed by atoms with Crippen LogP contribution in [0.1, 0.15) is 5.56 Å². The molecule has 76 valence electrons. The number of rotatable bonds is 3. The molecule has 0 unspecified atom stereocenters. The Labute approximate surface area is 80.4 Å². The molecule has 0 spiro atoms. The van der Waals surface area contributed by atoms with Crippen LogP contribution in [-0.4, -0.2) is 18.8 Å². The van der Waals surface area contributed by atoms with Crippen LogP contribution < -0.4 is 4.74 Å². The molecule has 0 atom stereocenters. The minimum Gasteiger partial charge on any atom is -0.494 e. The monoisotopic (exact) mass is 200 g/mol. The van der Waals surface area contributed by atoms with E-state index < -0.39 is 11.6 Å². The second-order valence-electron chi connectivity index (χ2n) is 2.60. The highest BCUT2D eigenvalue weighted by Crippen LogP contribution is 2.22. The number of aliphatic hydroxyl groups excluding tert-OH is 1. The number of benzene rings is 1. The van der Waals surface area contributed by atoms with Gasteiger partial charge >= 0.3 is 0 Å². The number of ether oxygens (including phenoxy) is 1. The van der Waals surface area contributed by atoms with E-state index >= 15 is 0 Å². The fraction of sp³-hybridized carbons (Fsp3) is 0.200. The van der Waals surface area contributed by atoms with Crippen molar-refractivity contribution in [2.24, 2.45) is 0 Å². The minimum absolute atomic E-state index is 0.150. The van der Waals surface area contributed by atoms with E-state index in [2.05, 4.69) is 4.74 Å². The smallest absolute Gasteiger partial charge is 0.200 e. The Morgan fingerprint density at radius 2 is 2.14 bits per heavy atom. The summed E-state index contributed by atoms with van der Waals surface area (Å²) in [6.07, 6.45) is 2.90. The SMILES string of the molecule is COc1cc(C=CCO)cc(F)c1F. The van der Waals surface area contributed by atoms with Gasteiger partial charge in [0.25, 0.3) is 0 Å². The van der Waals surface area contributed by atoms with E-state index in [1.165, 1.54) is 25.3 Å². The predicted octanol–water partition coefficient (Wildman–Crippen LogP) is 1.98. The highest BCUT2D eigenvalue weighted by molar-refractivity contribution is 5.52. The van der Waals surface area contributed by atoms with Crippen molar-refractivity contribution in [2.75, 3.05) is 13.7 Å². The molecule has 1 aromatic rings. The Hall–Kier alpha value is -1.42. The van der Waals surface area contributed by atoms with Gasteiger partial charge in [0.05, 0.1) is 13.7 Å². The summed E-state index contributed by atoms with van der Waals surface area (Å²) in [7, 11) is 1.26. The summed E-state index contributed by atoms with van der Waals surface area (Å²) in [5.74, 6) is -2.13. The molecular formula is C10H10F2O2. The number of hydrogen-bond acceptors (Lipinski definition) is 2. The Kier molecular flexibility index (Phi) is 3.59. The zero-order valence-corrected chi connectivity index (χ0v) is 7.63. The van der Waals surface area contributed by atoms with Crippen LogP contribution in [0.25, 0.3) is 6.08 Å². The zero-order valence-electron chi connectivity index (χ0n) is 7.63. The number of methoxy groups -OCH3 is 1. The van der Waals surface area contributed by atoms with Gasteiger partial charge < -0.3 is 9.84 Å². The number of hydrogen-bond donors (Lipinski definition) is 1. The summed E-state index contributed by atoms with van der Waals surface area (Å²) in [5.41, 5.74) is 0.440. The molecule has 0 fully saturated rings. The lowest BCUT2D eigenvalue weighted by Crippen LogP contribution is -1.93. The van der Waals surface area contributed by atoms with Crippen LogP contribution in [0, 0.1) is 11.6 Å². The Balaban J connectivity index is 3.09. The molecule has 0 aromatic heterocycles. The second kappa shape index (κ2) is 4.72. The van der Waals surface area contributed by atoms with E-state index in [4.69, 9.17) is 5.11 Å². The molecule has 0 heterocycles. The van der Waals surface area contributed by atoms with Crippen molar-refractivity contribution in [1.82, 2.24) is 0 Å². The lowest BCUT2D eigenvalue weighted by Gasteiger charge is -2.03. The first kappa shape index (κ1) is 10.7. The third kappa shape index (κ3) is 2.29. The van der Waals surface area contributed by atoms with Crippen molar-refractivity contribution >= 4 is 6.08 Å². The van der Waals surface area contributed by atoms with Gasteiger partial charge in [-0.15, -0.1) is 0 Å². The van der Waals surface area contributed by atoms with Gasteiger partial charge in [-0.2, -0.15) is 4.39 Å². The molecule has 4 heteroatoms. The van der Waals surface area contributed by atoms with Crippen molar-refractivity contribution in [1.29, 1.82) is 0 Å². The lowest BCUT2D eigenvalue weighted by atomic mass is 10.2. The third-order valence-electron chi connectivity index (χ3n) is 1.65. The number of halogens is 2. The molecule has 0 saturated carbocycles. The highest BCUT2D eigenvalue weighted by atomic mass is 19.2. The summed E-state index contributed by atoms with van der Waals surface area (Å²) in [6.45, 7) is -0.151. The van der Waals surface area contributed by atoms with E-state index in [9.17, 15) is 8.78 Å². The predicted molar refractivity (Wildman–Crippen MR) is 49.0 cm³/mol. The average molecular weight is 200 g/mol. The molecule has 0 aliphatic carbocycles. The molecule has 0 aliphatic heterocycles. The molecule has 0 aliphatic rings. The van der Waals surface area contributed by atoms with Crippen molar-refractivity contribution < 1.29 is 18.6 Å². The molecule has 0 radical (unpaired) electrons. The van der Waals surface area contributed by atoms with Crippen LogP contribution in [0.15, 0.2) is 18.2 Å². The molecule has 1 aromatic carbocycles. The van der Waals surface area contributed by atoms with E-state index in [-0.39, 0.29) is 12.4 Å². The summed E-state index contributed by atoms with van der Waals surface area (Å²) in [5, 5.41) is 8.49. The van der Waals surface area contributed by atoms with Gasteiger partial charge in [-0.3, -0.25) is 0 Å². The summed E-state index contributed by atoms with van der Waals surface area (Å²) >= 11 is 0. The minimum atomic E-state index is -1.01. The standard InChI is InChI=1S/C10H10F2O2/c1-14-9-6-7(3-2-4-13)5-8(11)10(9)12/h2-3,5-6,13H,4H2,1H3. The quantitative estimate of drug-likeness (QED) is 0.808. The van der Waals surface area contributed by atoms with Gasteiger partial charge in [-0.1, -0.05) is 12.2 Å². The highest BCUT2D eigenvalue weighted by Gasteiger charge is 2.09. The molecule has 0 saturated heterocycles. The number of aliphatic hydroxyl groups is 1. The van der Waals surface area contributed by atoms with Crippen LogP contribution in [0.3, 0.4) is 0 Å². The van der Waals surface area contributed by atoms with E-state index in [0.717, 1.165) is 6.07 Å². The summed E-state index contributed by atoms with van der Waals surface area (Å²) in [6, 6.07) is 2.38. The van der Waals surface area contributed by atoms with E-state index in [0.29, 0.717) is 5.56 Å². The first-order chi connectivity index (χ1) is 6.69. The van der Waals surface area contributed by atoms with Gasteiger partial charge in [0.2, 0.25) is 5.82 Å². The fourth-order valence-corrected chi connectivity index (χ4v) is 1.02. The van der Waals surface area contributed by atoms with E-state index in [1.807, 2.05) is 0 Å². The van der Waals surface area contributed by atoms with Gasteiger partial charge in [0.15, 0.2) is 11.6 Å². The zero-order chi connectivity index (χ0) is 10.6. The van der Waals surface area contributed by atoms with E-state index in [1.54, 1.807) is 0 Å². The molecule has 0 bridgehead atoms. The summed E-state index contributed by atoms with van der Waals surface area (Å²) < 4.78 is 30.5. The maximum absolute atomic E-state index is 12.9. The molecule has 1 N–H and O–H groups in total. The Bertz CT molecular complexity index is 348.